The van der Waals surface area contributed by atoms with E-state index < -0.39 is 0 Å². The van der Waals surface area contributed by atoms with Gasteiger partial charge >= 0.3 is 0 Å². The van der Waals surface area contributed by atoms with Crippen LogP contribution in [0.2, 0.25) is 0 Å². The van der Waals surface area contributed by atoms with E-state index in [2.05, 4.69) is 33.1 Å². The Morgan fingerprint density at radius 3 is 2.17 bits per heavy atom. The second-order valence-corrected chi connectivity index (χ2v) is 7.45. The van der Waals surface area contributed by atoms with Crippen molar-refractivity contribution in [2.75, 3.05) is 58.7 Å². The molecule has 2 rings (SSSR count). The summed E-state index contributed by atoms with van der Waals surface area (Å²) in [5.41, 5.74) is 4.68. The van der Waals surface area contributed by atoms with E-state index in [4.69, 9.17) is 14.2 Å². The highest BCUT2D eigenvalue weighted by molar-refractivity contribution is 5.95. The van der Waals surface area contributed by atoms with Crippen molar-refractivity contribution in [3.05, 3.63) is 59.3 Å². The molecule has 3 N–H and O–H groups in total. The molecule has 2 aromatic rings. The molecule has 0 saturated heterocycles. The molecular weight excluding hydrogens is 450 g/mol. The van der Waals surface area contributed by atoms with Gasteiger partial charge in [-0.25, -0.2) is 4.98 Å². The van der Waals surface area contributed by atoms with Gasteiger partial charge in [-0.2, -0.15) is 5.10 Å². The molecule has 1 aromatic heterocycles. The highest BCUT2D eigenvalue weighted by Gasteiger charge is 2.05. The summed E-state index contributed by atoms with van der Waals surface area (Å²) < 4.78 is 16.2. The van der Waals surface area contributed by atoms with Crippen LogP contribution in [0, 0.1) is 0 Å². The Kier molecular flexibility index (Phi) is 13.7. The van der Waals surface area contributed by atoms with Crippen LogP contribution in [0.15, 0.2) is 47.7 Å². The number of ether oxygens (including phenoxy) is 3. The van der Waals surface area contributed by atoms with Gasteiger partial charge < -0.3 is 24.8 Å². The quantitative estimate of drug-likeness (QED) is 0.179. The van der Waals surface area contributed by atoms with Gasteiger partial charge in [-0.15, -0.1) is 0 Å². The molecule has 10 heteroatoms. The zero-order chi connectivity index (χ0) is 25.1. The van der Waals surface area contributed by atoms with E-state index in [1.54, 1.807) is 49.7 Å². The van der Waals surface area contributed by atoms with Crippen molar-refractivity contribution in [3.63, 3.8) is 0 Å². The fraction of sp³-hybridized carbons (Fsp3) is 0.440. The molecule has 0 unspecified atom stereocenters. The summed E-state index contributed by atoms with van der Waals surface area (Å²) in [5, 5.41) is 9.55. The number of carbonyl (C=O) groups is 2. The summed E-state index contributed by atoms with van der Waals surface area (Å²) >= 11 is 0. The van der Waals surface area contributed by atoms with Crippen LogP contribution in [0.3, 0.4) is 0 Å². The molecule has 0 atom stereocenters. The lowest BCUT2D eigenvalue weighted by molar-refractivity contribution is 0.0143. The Bertz CT molecular complexity index is 903. The van der Waals surface area contributed by atoms with Gasteiger partial charge in [0.2, 0.25) is 0 Å². The summed E-state index contributed by atoms with van der Waals surface area (Å²) in [6.45, 7) is 6.11. The van der Waals surface area contributed by atoms with Crippen molar-refractivity contribution < 1.29 is 23.8 Å². The van der Waals surface area contributed by atoms with Crippen molar-refractivity contribution in [2.24, 2.45) is 5.10 Å². The maximum absolute atomic E-state index is 12.2. The zero-order valence-corrected chi connectivity index (χ0v) is 20.4. The number of aromatic nitrogens is 1. The van der Waals surface area contributed by atoms with Gasteiger partial charge in [-0.3, -0.25) is 15.0 Å². The molecule has 0 aliphatic carbocycles. The van der Waals surface area contributed by atoms with Gasteiger partial charge in [0.05, 0.1) is 38.2 Å². The number of nitrogens with zero attached hydrogens (tertiary/aromatic N) is 2. The van der Waals surface area contributed by atoms with E-state index in [9.17, 15) is 9.59 Å². The van der Waals surface area contributed by atoms with Crippen LogP contribution in [0.5, 0.6) is 0 Å². The first-order chi connectivity index (χ1) is 17.1. The van der Waals surface area contributed by atoms with Crippen molar-refractivity contribution in [1.29, 1.82) is 0 Å². The number of hydrogen-bond acceptors (Lipinski definition) is 8. The fourth-order valence-corrected chi connectivity index (χ4v) is 2.80. The van der Waals surface area contributed by atoms with Crippen LogP contribution in [0.1, 0.15) is 46.0 Å². The molecule has 190 valence electrons. The van der Waals surface area contributed by atoms with Crippen LogP contribution >= 0.6 is 0 Å². The monoisotopic (exact) mass is 485 g/mol. The van der Waals surface area contributed by atoms with E-state index >= 15 is 0 Å². The van der Waals surface area contributed by atoms with Gasteiger partial charge in [0.25, 0.3) is 11.8 Å². The second-order valence-electron chi connectivity index (χ2n) is 7.45. The average molecular weight is 486 g/mol. The number of rotatable bonds is 17. The third kappa shape index (κ3) is 11.6. The van der Waals surface area contributed by atoms with Crippen LogP contribution in [0.25, 0.3) is 0 Å². The second kappa shape index (κ2) is 17.1. The molecule has 1 aromatic carbocycles. The molecule has 2 amide bonds. The van der Waals surface area contributed by atoms with Gasteiger partial charge in [-0.05, 0) is 42.7 Å². The van der Waals surface area contributed by atoms with Gasteiger partial charge in [0.1, 0.15) is 5.82 Å². The Hall–Kier alpha value is -3.34. The van der Waals surface area contributed by atoms with E-state index in [-0.39, 0.29) is 11.8 Å². The number of anilines is 1. The zero-order valence-electron chi connectivity index (χ0n) is 20.4. The normalized spacial score (nSPS) is 10.9. The number of nitrogens with one attached hydrogen (secondary N) is 3. The van der Waals surface area contributed by atoms with Crippen LogP contribution in [0.4, 0.5) is 5.82 Å². The van der Waals surface area contributed by atoms with E-state index in [1.807, 2.05) is 0 Å². The smallest absolute Gasteiger partial charge is 0.252 e. The maximum Gasteiger partial charge on any atom is 0.252 e. The molecule has 0 radical (unpaired) electrons. The summed E-state index contributed by atoms with van der Waals surface area (Å²) in [6, 6.07) is 10.4. The predicted molar refractivity (Wildman–Crippen MR) is 135 cm³/mol. The number of hydrogen-bond donors (Lipinski definition) is 3. The van der Waals surface area contributed by atoms with Crippen LogP contribution in [-0.2, 0) is 14.2 Å². The van der Waals surface area contributed by atoms with E-state index in [0.717, 1.165) is 18.6 Å². The first-order valence-corrected chi connectivity index (χ1v) is 11.7. The van der Waals surface area contributed by atoms with Crippen molar-refractivity contribution in [2.45, 2.75) is 19.8 Å². The summed E-state index contributed by atoms with van der Waals surface area (Å²) in [4.78, 5) is 28.0. The van der Waals surface area contributed by atoms with E-state index in [0.29, 0.717) is 62.9 Å². The minimum atomic E-state index is -0.195. The number of carbonyl (C=O) groups excluding carboxylic acids is 2. The molecular formula is C25H35N5O5. The van der Waals surface area contributed by atoms with Crippen molar-refractivity contribution in [1.82, 2.24) is 15.6 Å². The maximum atomic E-state index is 12.2. The molecule has 0 saturated carbocycles. The standard InChI is InChI=1S/C25H35N5O5/c1-3-12-33-14-16-35-17-15-34-13-4-11-27-25(32)22-9-10-23(28-19-22)30-29-18-20-5-7-21(8-6-20)24(31)26-2/h5-10,18-19H,3-4,11-17H2,1-2H3,(H,26,31)(H,27,32)(H,28,30)/b29-18+. The molecule has 0 bridgehead atoms. The first-order valence-electron chi connectivity index (χ1n) is 11.7. The Morgan fingerprint density at radius 1 is 0.886 bits per heavy atom. The summed E-state index contributed by atoms with van der Waals surface area (Å²) in [5.74, 6) is 0.171. The molecule has 0 fully saturated rings. The Balaban J connectivity index is 1.58. The molecule has 0 spiro atoms. The number of amides is 2. The largest absolute Gasteiger partial charge is 0.379 e. The third-order valence-electron chi connectivity index (χ3n) is 4.66. The molecule has 0 aliphatic heterocycles. The van der Waals surface area contributed by atoms with Gasteiger partial charge in [-0.1, -0.05) is 19.1 Å². The lowest BCUT2D eigenvalue weighted by Gasteiger charge is -2.07. The molecule has 10 nitrogen and oxygen atoms in total. The molecule has 0 aliphatic rings. The Morgan fingerprint density at radius 2 is 1.54 bits per heavy atom. The summed E-state index contributed by atoms with van der Waals surface area (Å²) in [7, 11) is 1.59. The minimum Gasteiger partial charge on any atom is -0.379 e. The van der Waals surface area contributed by atoms with Crippen molar-refractivity contribution >= 4 is 23.8 Å². The number of hydrazone groups is 1. The topological polar surface area (TPSA) is 123 Å². The summed E-state index contributed by atoms with van der Waals surface area (Å²) in [6.07, 6.45) is 4.82. The van der Waals surface area contributed by atoms with E-state index in [1.165, 1.54) is 6.20 Å². The average Bonchev–Trinajstić information content (AvgIpc) is 2.89. The number of benzene rings is 1. The molecule has 35 heavy (non-hydrogen) atoms. The van der Waals surface area contributed by atoms with Crippen LogP contribution in [-0.4, -0.2) is 76.2 Å². The van der Waals surface area contributed by atoms with Crippen LogP contribution < -0.4 is 16.1 Å². The number of pyridine rings is 1. The fourth-order valence-electron chi connectivity index (χ4n) is 2.80. The first kappa shape index (κ1) is 27.9. The van der Waals surface area contributed by atoms with Gasteiger partial charge in [0, 0.05) is 38.6 Å². The lowest BCUT2D eigenvalue weighted by atomic mass is 10.1. The minimum absolute atomic E-state index is 0.140. The molecule has 1 heterocycles. The van der Waals surface area contributed by atoms with Gasteiger partial charge in [0.15, 0.2) is 0 Å². The highest BCUT2D eigenvalue weighted by Crippen LogP contribution is 2.06. The lowest BCUT2D eigenvalue weighted by Crippen LogP contribution is -2.25. The Labute approximate surface area is 206 Å². The third-order valence-corrected chi connectivity index (χ3v) is 4.66. The highest BCUT2D eigenvalue weighted by atomic mass is 16.5. The predicted octanol–water partition coefficient (Wildman–Crippen LogP) is 2.47. The SMILES string of the molecule is CCCOCCOCCOCCCNC(=O)c1ccc(N/N=C/c2ccc(C(=O)NC)cc2)nc1. The van der Waals surface area contributed by atoms with Crippen molar-refractivity contribution in [3.8, 4) is 0 Å².